The Bertz CT molecular complexity index is 219. The zero-order chi connectivity index (χ0) is 16.5. The summed E-state index contributed by atoms with van der Waals surface area (Å²) in [5.74, 6) is 0. The van der Waals surface area contributed by atoms with E-state index in [1.807, 2.05) is 0 Å². The predicted molar refractivity (Wildman–Crippen MR) is 94.9 cm³/mol. The van der Waals surface area contributed by atoms with Gasteiger partial charge in [-0.15, -0.1) is 0 Å². The fourth-order valence-corrected chi connectivity index (χ4v) is 2.86. The number of unbranched alkanes of at least 4 members (excludes halogenated alkanes) is 13. The summed E-state index contributed by atoms with van der Waals surface area (Å²) in [5.41, 5.74) is 4.73. The summed E-state index contributed by atoms with van der Waals surface area (Å²) < 4.78 is 12.6. The van der Waals surface area contributed by atoms with E-state index >= 15 is 0 Å². The molecule has 0 aromatic carbocycles. The van der Waals surface area contributed by atoms with E-state index in [0.29, 0.717) is 6.42 Å². The lowest BCUT2D eigenvalue weighted by Crippen LogP contribution is -2.45. The molecule has 1 atom stereocenters. The molecule has 0 rings (SSSR count). The Labute approximate surface area is 138 Å². The average Bonchev–Trinajstić information content (AvgIpc) is 2.55. The molecule has 0 aliphatic rings. The van der Waals surface area contributed by atoms with Crippen molar-refractivity contribution in [2.75, 3.05) is 13.3 Å². The maximum atomic E-state index is 12.6. The van der Waals surface area contributed by atoms with Crippen molar-refractivity contribution in [3.8, 4) is 0 Å². The number of rotatable bonds is 17. The summed E-state index contributed by atoms with van der Waals surface area (Å²) in [6.07, 6.45) is 19.0. The maximum Gasteiger partial charge on any atom is 0.110 e. The van der Waals surface area contributed by atoms with Crippen LogP contribution in [0.25, 0.3) is 0 Å². The highest BCUT2D eigenvalue weighted by molar-refractivity contribution is 4.82. The lowest BCUT2D eigenvalue weighted by Gasteiger charge is -2.23. The summed E-state index contributed by atoms with van der Waals surface area (Å²) in [6.45, 7) is 1.39. The second kappa shape index (κ2) is 15.7. The molecule has 0 aromatic rings. The number of aliphatic hydroxyl groups is 1. The molecule has 2 nitrogen and oxygen atoms in total. The molecule has 0 saturated heterocycles. The van der Waals surface area contributed by atoms with Crippen LogP contribution in [0.3, 0.4) is 0 Å². The van der Waals surface area contributed by atoms with Gasteiger partial charge in [0.2, 0.25) is 0 Å². The van der Waals surface area contributed by atoms with Crippen LogP contribution in [0.15, 0.2) is 0 Å². The van der Waals surface area contributed by atoms with Gasteiger partial charge in [0.05, 0.1) is 12.1 Å². The van der Waals surface area contributed by atoms with Crippen LogP contribution in [0, 0.1) is 0 Å². The number of hydrogen-bond donors (Lipinski definition) is 2. The van der Waals surface area contributed by atoms with Crippen LogP contribution in [0.4, 0.5) is 4.39 Å². The van der Waals surface area contributed by atoms with Crippen LogP contribution in [0.5, 0.6) is 0 Å². The standard InChI is InChI=1S/C19H40FNO/c1-2-3-4-5-6-7-8-9-10-11-12-13-14-15-16-19(21,17-20)18-22/h22H,2-18,21H2,1H3. The molecule has 22 heavy (non-hydrogen) atoms. The normalized spacial score (nSPS) is 14.2. The Kier molecular flexibility index (Phi) is 15.6. The van der Waals surface area contributed by atoms with Crippen LogP contribution < -0.4 is 5.73 Å². The number of halogens is 1. The molecule has 0 amide bonds. The van der Waals surface area contributed by atoms with Crippen molar-refractivity contribution in [1.82, 2.24) is 0 Å². The molecule has 0 aliphatic carbocycles. The van der Waals surface area contributed by atoms with Gasteiger partial charge < -0.3 is 10.8 Å². The molecule has 0 saturated carbocycles. The Morgan fingerprint density at radius 1 is 0.727 bits per heavy atom. The van der Waals surface area contributed by atoms with Crippen molar-refractivity contribution in [3.05, 3.63) is 0 Å². The minimum atomic E-state index is -0.989. The molecule has 0 aliphatic heterocycles. The average molecular weight is 318 g/mol. The molecule has 1 unspecified atom stereocenters. The van der Waals surface area contributed by atoms with Gasteiger partial charge in [-0.3, -0.25) is 0 Å². The SMILES string of the molecule is CCCCCCCCCCCCCCCCC(N)(CO)CF. The maximum absolute atomic E-state index is 12.6. The van der Waals surface area contributed by atoms with E-state index in [2.05, 4.69) is 6.92 Å². The van der Waals surface area contributed by atoms with Gasteiger partial charge in [0.1, 0.15) is 6.67 Å². The van der Waals surface area contributed by atoms with Crippen LogP contribution in [0.1, 0.15) is 103 Å². The van der Waals surface area contributed by atoms with Crippen molar-refractivity contribution in [2.45, 2.75) is 109 Å². The van der Waals surface area contributed by atoms with E-state index in [4.69, 9.17) is 10.8 Å². The highest BCUT2D eigenvalue weighted by Crippen LogP contribution is 2.16. The van der Waals surface area contributed by atoms with Crippen molar-refractivity contribution < 1.29 is 9.50 Å². The first-order valence-corrected chi connectivity index (χ1v) is 9.64. The summed E-state index contributed by atoms with van der Waals surface area (Å²) in [7, 11) is 0. The van der Waals surface area contributed by atoms with Crippen LogP contribution in [-0.4, -0.2) is 23.9 Å². The summed E-state index contributed by atoms with van der Waals surface area (Å²) in [5, 5.41) is 9.02. The lowest BCUT2D eigenvalue weighted by atomic mass is 9.95. The zero-order valence-corrected chi connectivity index (χ0v) is 14.9. The second-order valence-corrected chi connectivity index (χ2v) is 7.00. The van der Waals surface area contributed by atoms with Crippen molar-refractivity contribution >= 4 is 0 Å². The zero-order valence-electron chi connectivity index (χ0n) is 14.9. The van der Waals surface area contributed by atoms with Gasteiger partial charge in [-0.2, -0.15) is 0 Å². The quantitative estimate of drug-likeness (QED) is 0.347. The molecule has 0 spiro atoms. The molecule has 3 N–H and O–H groups in total. The van der Waals surface area contributed by atoms with Crippen LogP contribution in [-0.2, 0) is 0 Å². The van der Waals surface area contributed by atoms with E-state index in [1.165, 1.54) is 77.0 Å². The van der Waals surface area contributed by atoms with Gasteiger partial charge in [-0.25, -0.2) is 4.39 Å². The van der Waals surface area contributed by atoms with E-state index in [9.17, 15) is 4.39 Å². The Morgan fingerprint density at radius 3 is 1.41 bits per heavy atom. The van der Waals surface area contributed by atoms with Gasteiger partial charge in [0.15, 0.2) is 0 Å². The molecule has 0 radical (unpaired) electrons. The van der Waals surface area contributed by atoms with Crippen LogP contribution in [0.2, 0.25) is 0 Å². The van der Waals surface area contributed by atoms with E-state index < -0.39 is 12.2 Å². The highest BCUT2D eigenvalue weighted by Gasteiger charge is 2.22. The van der Waals surface area contributed by atoms with Gasteiger partial charge in [0, 0.05) is 0 Å². The topological polar surface area (TPSA) is 46.2 Å². The molecule has 0 heterocycles. The van der Waals surface area contributed by atoms with Gasteiger partial charge in [-0.1, -0.05) is 96.8 Å². The van der Waals surface area contributed by atoms with E-state index in [0.717, 1.165) is 12.8 Å². The van der Waals surface area contributed by atoms with Crippen LogP contribution >= 0.6 is 0 Å². The summed E-state index contributed by atoms with van der Waals surface area (Å²) in [6, 6.07) is 0. The molecular formula is C19H40FNO. The van der Waals surface area contributed by atoms with Gasteiger partial charge in [0.25, 0.3) is 0 Å². The summed E-state index contributed by atoms with van der Waals surface area (Å²) in [4.78, 5) is 0. The molecule has 0 aromatic heterocycles. The lowest BCUT2D eigenvalue weighted by molar-refractivity contribution is 0.154. The number of aliphatic hydroxyl groups excluding tert-OH is 1. The minimum absolute atomic E-state index is 0.248. The van der Waals surface area contributed by atoms with E-state index in [-0.39, 0.29) is 6.61 Å². The molecule has 0 bridgehead atoms. The molecule has 3 heteroatoms. The summed E-state index contributed by atoms with van der Waals surface area (Å²) >= 11 is 0. The smallest absolute Gasteiger partial charge is 0.110 e. The third-order valence-electron chi connectivity index (χ3n) is 4.61. The fraction of sp³-hybridized carbons (Fsp3) is 1.00. The van der Waals surface area contributed by atoms with Crippen molar-refractivity contribution in [3.63, 3.8) is 0 Å². The van der Waals surface area contributed by atoms with Crippen molar-refractivity contribution in [1.29, 1.82) is 0 Å². The number of alkyl halides is 1. The molecule has 0 fully saturated rings. The van der Waals surface area contributed by atoms with Crippen molar-refractivity contribution in [2.24, 2.45) is 5.73 Å². The Morgan fingerprint density at radius 2 is 1.09 bits per heavy atom. The molecule has 134 valence electrons. The largest absolute Gasteiger partial charge is 0.394 e. The second-order valence-electron chi connectivity index (χ2n) is 7.00. The predicted octanol–water partition coefficient (Wildman–Crippen LogP) is 5.52. The third kappa shape index (κ3) is 13.5. The Balaban J connectivity index is 3.14. The van der Waals surface area contributed by atoms with Gasteiger partial charge >= 0.3 is 0 Å². The molecular weight excluding hydrogens is 277 g/mol. The first-order valence-electron chi connectivity index (χ1n) is 9.64. The monoisotopic (exact) mass is 317 g/mol. The number of hydrogen-bond acceptors (Lipinski definition) is 2. The first kappa shape index (κ1) is 21.9. The third-order valence-corrected chi connectivity index (χ3v) is 4.61. The fourth-order valence-electron chi connectivity index (χ4n) is 2.86. The first-order chi connectivity index (χ1) is 10.7. The minimum Gasteiger partial charge on any atom is -0.394 e. The Hall–Kier alpha value is -0.150. The highest BCUT2D eigenvalue weighted by atomic mass is 19.1. The van der Waals surface area contributed by atoms with Gasteiger partial charge in [-0.05, 0) is 6.42 Å². The van der Waals surface area contributed by atoms with E-state index in [1.54, 1.807) is 0 Å². The number of nitrogens with two attached hydrogens (primary N) is 1.